The van der Waals surface area contributed by atoms with Crippen molar-refractivity contribution in [2.24, 2.45) is 7.05 Å². The molecule has 0 aliphatic carbocycles. The second kappa shape index (κ2) is 7.10. The molecule has 128 valence electrons. The van der Waals surface area contributed by atoms with E-state index in [1.807, 2.05) is 12.1 Å². The van der Waals surface area contributed by atoms with Crippen LogP contribution in [0.2, 0.25) is 0 Å². The zero-order chi connectivity index (χ0) is 18.0. The summed E-state index contributed by atoms with van der Waals surface area (Å²) in [5, 5.41) is 8.27. The fourth-order valence-electron chi connectivity index (χ4n) is 2.27. The summed E-state index contributed by atoms with van der Waals surface area (Å²) in [4.78, 5) is 16.4. The Bertz CT molecular complexity index is 914. The average molecular weight is 360 g/mol. The molecule has 0 aliphatic rings. The smallest absolute Gasteiger partial charge is 0.191 e. The van der Waals surface area contributed by atoms with Gasteiger partial charge in [-0.3, -0.25) is 9.78 Å². The molecule has 5 nitrogen and oxygen atoms in total. The Hall–Kier alpha value is -2.61. The normalized spacial score (nSPS) is 12.2. The molecule has 0 N–H and O–H groups in total. The van der Waals surface area contributed by atoms with Crippen molar-refractivity contribution in [2.45, 2.75) is 17.3 Å². The highest BCUT2D eigenvalue weighted by molar-refractivity contribution is 8.00. The standard InChI is InChI=1S/C17H14F2N4OS/c1-10(15(24)12-3-4-13(18)14(19)9-12)25-17-22-21-16(23(17)2)11-5-7-20-8-6-11/h3-10H,1-2H3. The SMILES string of the molecule is CC(Sc1nnc(-c2ccncc2)n1C)C(=O)c1ccc(F)c(F)c1. The average Bonchev–Trinajstić information content (AvgIpc) is 2.98. The molecule has 0 fully saturated rings. The van der Waals surface area contributed by atoms with Crippen molar-refractivity contribution in [1.29, 1.82) is 0 Å². The first-order valence-electron chi connectivity index (χ1n) is 7.43. The lowest BCUT2D eigenvalue weighted by atomic mass is 10.1. The molecule has 2 aromatic heterocycles. The van der Waals surface area contributed by atoms with Crippen molar-refractivity contribution < 1.29 is 13.6 Å². The number of benzene rings is 1. The number of halogens is 2. The van der Waals surface area contributed by atoms with Gasteiger partial charge in [0.05, 0.1) is 5.25 Å². The summed E-state index contributed by atoms with van der Waals surface area (Å²) in [7, 11) is 1.80. The summed E-state index contributed by atoms with van der Waals surface area (Å²) < 4.78 is 28.1. The molecule has 0 spiro atoms. The highest BCUT2D eigenvalue weighted by atomic mass is 32.2. The van der Waals surface area contributed by atoms with Gasteiger partial charge in [-0.15, -0.1) is 10.2 Å². The molecular formula is C17H14F2N4OS. The molecule has 1 atom stereocenters. The number of hydrogen-bond acceptors (Lipinski definition) is 5. The van der Waals surface area contributed by atoms with E-state index in [9.17, 15) is 13.6 Å². The molecule has 2 heterocycles. The van der Waals surface area contributed by atoms with Gasteiger partial charge in [-0.05, 0) is 37.3 Å². The maximum absolute atomic E-state index is 13.3. The Labute approximate surface area is 147 Å². The highest BCUT2D eigenvalue weighted by Crippen LogP contribution is 2.27. The van der Waals surface area contributed by atoms with E-state index in [0.29, 0.717) is 11.0 Å². The van der Waals surface area contributed by atoms with Crippen LogP contribution in [0.4, 0.5) is 8.78 Å². The predicted molar refractivity (Wildman–Crippen MR) is 90.2 cm³/mol. The van der Waals surface area contributed by atoms with Gasteiger partial charge in [0.25, 0.3) is 0 Å². The van der Waals surface area contributed by atoms with Crippen molar-refractivity contribution in [1.82, 2.24) is 19.7 Å². The van der Waals surface area contributed by atoms with Crippen molar-refractivity contribution in [2.75, 3.05) is 0 Å². The molecule has 0 saturated heterocycles. The minimum absolute atomic E-state index is 0.121. The van der Waals surface area contributed by atoms with Crippen LogP contribution in [0.5, 0.6) is 0 Å². The third kappa shape index (κ3) is 3.58. The van der Waals surface area contributed by atoms with E-state index in [0.717, 1.165) is 17.7 Å². The molecule has 0 aliphatic heterocycles. The summed E-state index contributed by atoms with van der Waals surface area (Å²) in [5.74, 6) is -1.68. The van der Waals surface area contributed by atoms with Crippen LogP contribution in [0.15, 0.2) is 47.9 Å². The Kier molecular flexibility index (Phi) is 4.89. The van der Waals surface area contributed by atoms with Crippen LogP contribution in [-0.2, 0) is 7.05 Å². The van der Waals surface area contributed by atoms with E-state index >= 15 is 0 Å². The van der Waals surface area contributed by atoms with E-state index in [-0.39, 0.29) is 11.3 Å². The van der Waals surface area contributed by atoms with E-state index in [1.165, 1.54) is 17.8 Å². The topological polar surface area (TPSA) is 60.7 Å². The fraction of sp³-hybridized carbons (Fsp3) is 0.176. The molecule has 0 amide bonds. The quantitative estimate of drug-likeness (QED) is 0.515. The first-order chi connectivity index (χ1) is 12.0. The summed E-state index contributed by atoms with van der Waals surface area (Å²) in [6.07, 6.45) is 3.32. The molecule has 0 radical (unpaired) electrons. The van der Waals surface area contributed by atoms with Crippen molar-refractivity contribution in [3.05, 3.63) is 59.9 Å². The zero-order valence-electron chi connectivity index (χ0n) is 13.5. The first-order valence-corrected chi connectivity index (χ1v) is 8.31. The van der Waals surface area contributed by atoms with Crippen LogP contribution in [0.3, 0.4) is 0 Å². The van der Waals surface area contributed by atoms with E-state index in [1.54, 1.807) is 30.9 Å². The molecule has 8 heteroatoms. The molecule has 1 aromatic carbocycles. The van der Waals surface area contributed by atoms with Crippen LogP contribution in [0.1, 0.15) is 17.3 Å². The minimum Gasteiger partial charge on any atom is -0.305 e. The molecular weight excluding hydrogens is 346 g/mol. The Morgan fingerprint density at radius 2 is 1.84 bits per heavy atom. The lowest BCUT2D eigenvalue weighted by molar-refractivity contribution is 0.0993. The van der Waals surface area contributed by atoms with Gasteiger partial charge in [0.2, 0.25) is 0 Å². The monoisotopic (exact) mass is 360 g/mol. The largest absolute Gasteiger partial charge is 0.305 e. The van der Waals surface area contributed by atoms with Crippen LogP contribution in [0, 0.1) is 11.6 Å². The minimum atomic E-state index is -1.04. The molecule has 0 bridgehead atoms. The van der Waals surface area contributed by atoms with Gasteiger partial charge in [0, 0.05) is 30.6 Å². The number of carbonyl (C=O) groups is 1. The molecule has 0 saturated carbocycles. The Morgan fingerprint density at radius 3 is 2.52 bits per heavy atom. The number of ketones is 1. The third-order valence-electron chi connectivity index (χ3n) is 3.63. The summed E-state index contributed by atoms with van der Waals surface area (Å²) in [6.45, 7) is 1.69. The predicted octanol–water partition coefficient (Wildman–Crippen LogP) is 3.52. The molecule has 3 rings (SSSR count). The van der Waals surface area contributed by atoms with E-state index in [4.69, 9.17) is 0 Å². The van der Waals surface area contributed by atoms with E-state index in [2.05, 4.69) is 15.2 Å². The Morgan fingerprint density at radius 1 is 1.12 bits per heavy atom. The summed E-state index contributed by atoms with van der Waals surface area (Å²) in [5.41, 5.74) is 0.979. The number of pyridine rings is 1. The van der Waals surface area contributed by atoms with Gasteiger partial charge in [-0.2, -0.15) is 0 Å². The number of Topliss-reactive ketones (excluding diaryl/α,β-unsaturated/α-hetero) is 1. The molecule has 25 heavy (non-hydrogen) atoms. The van der Waals surface area contributed by atoms with E-state index < -0.39 is 16.9 Å². The maximum atomic E-state index is 13.3. The van der Waals surface area contributed by atoms with Crippen LogP contribution < -0.4 is 0 Å². The van der Waals surface area contributed by atoms with Crippen molar-refractivity contribution >= 4 is 17.5 Å². The lowest BCUT2D eigenvalue weighted by Crippen LogP contribution is -2.15. The Balaban J connectivity index is 1.79. The third-order valence-corrected chi connectivity index (χ3v) is 4.76. The number of hydrogen-bond donors (Lipinski definition) is 0. The second-order valence-electron chi connectivity index (χ2n) is 5.35. The van der Waals surface area contributed by atoms with Gasteiger partial charge in [0.15, 0.2) is 28.4 Å². The van der Waals surface area contributed by atoms with Gasteiger partial charge in [0.1, 0.15) is 0 Å². The maximum Gasteiger partial charge on any atom is 0.191 e. The summed E-state index contributed by atoms with van der Waals surface area (Å²) >= 11 is 1.21. The van der Waals surface area contributed by atoms with Crippen molar-refractivity contribution in [3.8, 4) is 11.4 Å². The van der Waals surface area contributed by atoms with Crippen LogP contribution >= 0.6 is 11.8 Å². The number of rotatable bonds is 5. The van der Waals surface area contributed by atoms with Gasteiger partial charge in [-0.1, -0.05) is 11.8 Å². The zero-order valence-corrected chi connectivity index (χ0v) is 14.3. The number of aromatic nitrogens is 4. The number of carbonyl (C=O) groups excluding carboxylic acids is 1. The van der Waals surface area contributed by atoms with Crippen LogP contribution in [0.25, 0.3) is 11.4 Å². The fourth-order valence-corrected chi connectivity index (χ4v) is 3.16. The van der Waals surface area contributed by atoms with Crippen molar-refractivity contribution in [3.63, 3.8) is 0 Å². The number of thioether (sulfide) groups is 1. The second-order valence-corrected chi connectivity index (χ2v) is 6.66. The molecule has 3 aromatic rings. The molecule has 1 unspecified atom stereocenters. The number of nitrogens with zero attached hydrogens (tertiary/aromatic N) is 4. The van der Waals surface area contributed by atoms with Gasteiger partial charge in [-0.25, -0.2) is 8.78 Å². The van der Waals surface area contributed by atoms with Gasteiger partial charge < -0.3 is 4.57 Å². The van der Waals surface area contributed by atoms with Crippen LogP contribution in [-0.4, -0.2) is 30.8 Å². The highest BCUT2D eigenvalue weighted by Gasteiger charge is 2.21. The summed E-state index contributed by atoms with van der Waals surface area (Å²) in [6, 6.07) is 6.76. The van der Waals surface area contributed by atoms with Gasteiger partial charge >= 0.3 is 0 Å². The lowest BCUT2D eigenvalue weighted by Gasteiger charge is -2.10. The first kappa shape index (κ1) is 17.2.